The number of allylic oxidation sites excluding steroid dienone is 2. The predicted octanol–water partition coefficient (Wildman–Crippen LogP) is 5.17. The second-order valence-corrected chi connectivity index (χ2v) is 11.5. The fraction of sp³-hybridized carbons (Fsp3) is 0.419. The zero-order chi connectivity index (χ0) is 27.4. The molecule has 1 aromatic carbocycles. The number of hydrogen-bond donors (Lipinski definition) is 2. The normalized spacial score (nSPS) is 23.9. The van der Waals surface area contributed by atoms with E-state index in [2.05, 4.69) is 44.3 Å². The topological polar surface area (TPSA) is 106 Å². The lowest BCUT2D eigenvalue weighted by Crippen LogP contribution is -2.33. The quantitative estimate of drug-likeness (QED) is 0.433. The monoisotopic (exact) mass is 524 g/mol. The number of nitrogens with one attached hydrogen (secondary N) is 1. The van der Waals surface area contributed by atoms with E-state index in [0.717, 1.165) is 59.6 Å². The zero-order valence-electron chi connectivity index (χ0n) is 22.9. The smallest absolute Gasteiger partial charge is 0.250 e. The third-order valence-corrected chi connectivity index (χ3v) is 9.00. The molecular weight excluding hydrogens is 488 g/mol. The van der Waals surface area contributed by atoms with E-state index in [9.17, 15) is 9.59 Å². The Morgan fingerprint density at radius 2 is 1.95 bits per heavy atom. The summed E-state index contributed by atoms with van der Waals surface area (Å²) < 4.78 is 2.07. The summed E-state index contributed by atoms with van der Waals surface area (Å²) in [7, 11) is 2.00. The first kappa shape index (κ1) is 25.3. The molecule has 3 heterocycles. The molecule has 2 fully saturated rings. The molecule has 8 nitrogen and oxygen atoms in total. The van der Waals surface area contributed by atoms with Gasteiger partial charge in [0.25, 0.3) is 5.91 Å². The molecule has 8 heteroatoms. The number of nitrogens with two attached hydrogens (primary N) is 1. The Labute approximate surface area is 229 Å². The number of benzene rings is 1. The van der Waals surface area contributed by atoms with Crippen LogP contribution in [0.2, 0.25) is 0 Å². The number of piperidine rings is 1. The summed E-state index contributed by atoms with van der Waals surface area (Å²) in [5.41, 5.74) is 12.7. The zero-order valence-corrected chi connectivity index (χ0v) is 22.9. The Morgan fingerprint density at radius 1 is 1.18 bits per heavy atom. The lowest BCUT2D eigenvalue weighted by molar-refractivity contribution is -0.132. The van der Waals surface area contributed by atoms with Crippen LogP contribution < -0.4 is 11.1 Å². The maximum atomic E-state index is 13.1. The molecule has 0 bridgehead atoms. The Bertz CT molecular complexity index is 1520. The number of aromatic nitrogens is 3. The van der Waals surface area contributed by atoms with Gasteiger partial charge in [-0.1, -0.05) is 31.7 Å². The van der Waals surface area contributed by atoms with E-state index in [4.69, 9.17) is 5.73 Å². The molecule has 2 aromatic heterocycles. The van der Waals surface area contributed by atoms with Crippen molar-refractivity contribution in [3.8, 4) is 11.3 Å². The average Bonchev–Trinajstić information content (AvgIpc) is 3.24. The highest BCUT2D eigenvalue weighted by molar-refractivity contribution is 6.05. The molecular formula is C31H36N6O2. The summed E-state index contributed by atoms with van der Waals surface area (Å²) in [5, 5.41) is 3.73. The van der Waals surface area contributed by atoms with Crippen LogP contribution in [0.5, 0.6) is 0 Å². The van der Waals surface area contributed by atoms with Gasteiger partial charge in [-0.25, -0.2) is 9.97 Å². The molecule has 2 aliphatic carbocycles. The number of hydrogen-bond acceptors (Lipinski definition) is 5. The number of aryl methyl sites for hydroxylation is 1. The number of rotatable bonds is 6. The second-order valence-electron chi connectivity index (χ2n) is 11.5. The number of fused-ring (bicyclic) bond motifs is 2. The maximum absolute atomic E-state index is 13.1. The van der Waals surface area contributed by atoms with Crippen molar-refractivity contribution in [3.05, 3.63) is 54.4 Å². The van der Waals surface area contributed by atoms with Gasteiger partial charge in [-0.3, -0.25) is 9.59 Å². The molecule has 3 aliphatic rings. The van der Waals surface area contributed by atoms with Crippen molar-refractivity contribution < 1.29 is 9.59 Å². The highest BCUT2D eigenvalue weighted by Crippen LogP contribution is 2.51. The van der Waals surface area contributed by atoms with E-state index >= 15 is 0 Å². The van der Waals surface area contributed by atoms with E-state index in [0.29, 0.717) is 47.3 Å². The average molecular weight is 525 g/mol. The molecule has 3 N–H and O–H groups in total. The summed E-state index contributed by atoms with van der Waals surface area (Å²) in [6.45, 7) is 8.59. The van der Waals surface area contributed by atoms with Crippen molar-refractivity contribution in [2.24, 2.45) is 24.8 Å². The lowest BCUT2D eigenvalue weighted by atomic mass is 9.83. The van der Waals surface area contributed by atoms with Crippen molar-refractivity contribution >= 4 is 39.9 Å². The van der Waals surface area contributed by atoms with Crippen molar-refractivity contribution in [2.45, 2.75) is 52.0 Å². The minimum absolute atomic E-state index is 0.201. The van der Waals surface area contributed by atoms with Crippen LogP contribution in [0.15, 0.2) is 48.8 Å². The molecule has 39 heavy (non-hydrogen) atoms. The van der Waals surface area contributed by atoms with Crippen LogP contribution in [0.3, 0.4) is 0 Å². The number of nitrogens with zero attached hydrogens (tertiary/aromatic N) is 4. The SMILES string of the molecule is C=C(C)C(=O)Nc1ccc(-c2c(C3=CC[C@@H](CC(=O)N4CC[C@H]5C(C)[C@H]54)CC3)c3c(N)ncnc3n2C)cc1. The third-order valence-electron chi connectivity index (χ3n) is 9.00. The summed E-state index contributed by atoms with van der Waals surface area (Å²) in [5.74, 6) is 2.36. The Morgan fingerprint density at radius 3 is 2.59 bits per heavy atom. The van der Waals surface area contributed by atoms with Gasteiger partial charge in [0.15, 0.2) is 0 Å². The van der Waals surface area contributed by atoms with Gasteiger partial charge in [-0.2, -0.15) is 0 Å². The minimum Gasteiger partial charge on any atom is -0.383 e. The van der Waals surface area contributed by atoms with Crippen LogP contribution in [0, 0.1) is 17.8 Å². The van der Waals surface area contributed by atoms with Gasteiger partial charge in [0.05, 0.1) is 11.1 Å². The highest BCUT2D eigenvalue weighted by Gasteiger charge is 2.55. The number of likely N-dealkylation sites (tertiary alicyclic amines) is 1. The largest absolute Gasteiger partial charge is 0.383 e. The number of anilines is 2. The number of amides is 2. The van der Waals surface area contributed by atoms with E-state index in [-0.39, 0.29) is 5.91 Å². The molecule has 6 rings (SSSR count). The van der Waals surface area contributed by atoms with E-state index < -0.39 is 0 Å². The first-order valence-corrected chi connectivity index (χ1v) is 13.9. The van der Waals surface area contributed by atoms with Crippen molar-refractivity contribution in [2.75, 3.05) is 17.6 Å². The molecule has 3 aromatic rings. The van der Waals surface area contributed by atoms with Crippen molar-refractivity contribution in [1.82, 2.24) is 19.4 Å². The molecule has 4 atom stereocenters. The lowest BCUT2D eigenvalue weighted by Gasteiger charge is -2.26. The number of carbonyl (C=O) groups is 2. The molecule has 1 aliphatic heterocycles. The molecule has 0 spiro atoms. The summed E-state index contributed by atoms with van der Waals surface area (Å²) in [6.07, 6.45) is 8.29. The second kappa shape index (κ2) is 9.67. The molecule has 1 saturated carbocycles. The predicted molar refractivity (Wildman–Crippen MR) is 155 cm³/mol. The summed E-state index contributed by atoms with van der Waals surface area (Å²) in [4.78, 5) is 36.2. The molecule has 2 amide bonds. The van der Waals surface area contributed by atoms with Crippen molar-refractivity contribution in [3.63, 3.8) is 0 Å². The van der Waals surface area contributed by atoms with Gasteiger partial charge in [0.1, 0.15) is 17.8 Å². The highest BCUT2D eigenvalue weighted by atomic mass is 16.2. The van der Waals surface area contributed by atoms with E-state index in [1.807, 2.05) is 31.3 Å². The van der Waals surface area contributed by atoms with Crippen LogP contribution in [0.25, 0.3) is 27.9 Å². The van der Waals surface area contributed by atoms with Gasteiger partial charge in [-0.15, -0.1) is 0 Å². The van der Waals surface area contributed by atoms with Gasteiger partial charge < -0.3 is 20.5 Å². The van der Waals surface area contributed by atoms with Crippen LogP contribution in [0.1, 0.15) is 51.5 Å². The first-order valence-electron chi connectivity index (χ1n) is 13.9. The Balaban J connectivity index is 1.29. The number of nitrogen functional groups attached to an aromatic ring is 1. The van der Waals surface area contributed by atoms with Crippen LogP contribution >= 0.6 is 0 Å². The van der Waals surface area contributed by atoms with Gasteiger partial charge in [0.2, 0.25) is 5.91 Å². The van der Waals surface area contributed by atoms with Crippen LogP contribution in [0.4, 0.5) is 11.5 Å². The molecule has 1 saturated heterocycles. The molecule has 0 radical (unpaired) electrons. The summed E-state index contributed by atoms with van der Waals surface area (Å²) in [6, 6.07) is 8.29. The fourth-order valence-corrected chi connectivity index (χ4v) is 6.74. The third kappa shape index (κ3) is 4.41. The van der Waals surface area contributed by atoms with Gasteiger partial charge >= 0.3 is 0 Å². The Kier molecular flexibility index (Phi) is 6.28. The Hall–Kier alpha value is -3.94. The molecule has 1 unspecified atom stereocenters. The summed E-state index contributed by atoms with van der Waals surface area (Å²) >= 11 is 0. The number of carbonyl (C=O) groups excluding carboxylic acids is 2. The standard InChI is InChI=1S/C31H36N6O2/c1-17(2)31(39)35-22-11-9-21(10-12-22)28-25(26-29(32)33-16-34-30(26)36(28)4)20-7-5-19(6-8-20)15-24(38)37-14-13-23-18(3)27(23)37/h7,9-12,16,18-19,23,27H,1,5-6,8,13-15H2,2-4H3,(H,35,39)(H2,32,33,34)/t18?,19-,23+,27-/m1/s1. The maximum Gasteiger partial charge on any atom is 0.250 e. The molecule has 202 valence electrons. The van der Waals surface area contributed by atoms with Gasteiger partial charge in [-0.05, 0) is 73.6 Å². The van der Waals surface area contributed by atoms with E-state index in [1.54, 1.807) is 6.92 Å². The fourth-order valence-electron chi connectivity index (χ4n) is 6.74. The minimum atomic E-state index is -0.201. The first-order chi connectivity index (χ1) is 18.7. The van der Waals surface area contributed by atoms with Crippen LogP contribution in [-0.2, 0) is 16.6 Å². The van der Waals surface area contributed by atoms with Crippen LogP contribution in [-0.4, -0.2) is 43.8 Å². The van der Waals surface area contributed by atoms with Crippen molar-refractivity contribution in [1.29, 1.82) is 0 Å². The van der Waals surface area contributed by atoms with E-state index in [1.165, 1.54) is 18.3 Å². The van der Waals surface area contributed by atoms with Gasteiger partial charge in [0, 0.05) is 42.9 Å².